The molecular weight excluding hydrogens is 432 g/mol. The fourth-order valence-electron chi connectivity index (χ4n) is 3.23. The van der Waals surface area contributed by atoms with Crippen LogP contribution in [0.15, 0.2) is 53.7 Å². The van der Waals surface area contributed by atoms with Crippen LogP contribution in [-0.2, 0) is 10.2 Å². The molecule has 6 nitrogen and oxygen atoms in total. The van der Waals surface area contributed by atoms with Gasteiger partial charge in [-0.05, 0) is 48.1 Å². The number of aromatic nitrogens is 3. The zero-order valence-corrected chi connectivity index (χ0v) is 21.4. The average Bonchev–Trinajstić information content (AvgIpc) is 3.21. The Labute approximate surface area is 201 Å². The number of carbonyl (C=O) groups is 1. The normalized spacial score (nSPS) is 12.6. The van der Waals surface area contributed by atoms with Crippen molar-refractivity contribution in [3.8, 4) is 22.8 Å². The highest BCUT2D eigenvalue weighted by molar-refractivity contribution is 7.99. The molecule has 3 aromatic rings. The summed E-state index contributed by atoms with van der Waals surface area (Å²) < 4.78 is 7.31. The molecule has 1 atom stereocenters. The predicted octanol–water partition coefficient (Wildman–Crippen LogP) is 5.49. The second-order valence-corrected chi connectivity index (χ2v) is 10.5. The molecule has 2 aromatic carbocycles. The fraction of sp³-hybridized carbons (Fsp3) is 0.423. The van der Waals surface area contributed by atoms with Crippen molar-refractivity contribution in [1.82, 2.24) is 20.1 Å². The van der Waals surface area contributed by atoms with Crippen molar-refractivity contribution in [2.75, 3.05) is 12.9 Å². The maximum absolute atomic E-state index is 12.5. The van der Waals surface area contributed by atoms with Crippen molar-refractivity contribution in [3.63, 3.8) is 0 Å². The fourth-order valence-corrected chi connectivity index (χ4v) is 3.99. The van der Waals surface area contributed by atoms with Gasteiger partial charge in [0.15, 0.2) is 11.0 Å². The van der Waals surface area contributed by atoms with Gasteiger partial charge in [0.25, 0.3) is 0 Å². The topological polar surface area (TPSA) is 69.0 Å². The van der Waals surface area contributed by atoms with Crippen molar-refractivity contribution in [1.29, 1.82) is 0 Å². The van der Waals surface area contributed by atoms with Crippen molar-refractivity contribution in [3.05, 3.63) is 54.1 Å². The summed E-state index contributed by atoms with van der Waals surface area (Å²) in [6, 6.07) is 16.3. The van der Waals surface area contributed by atoms with Crippen LogP contribution >= 0.6 is 11.8 Å². The molecule has 3 rings (SSSR count). The van der Waals surface area contributed by atoms with Gasteiger partial charge >= 0.3 is 0 Å². The maximum atomic E-state index is 12.5. The number of hydrogen-bond acceptors (Lipinski definition) is 5. The molecule has 1 amide bonds. The molecule has 0 aliphatic rings. The van der Waals surface area contributed by atoms with Crippen LogP contribution in [-0.4, -0.2) is 39.6 Å². The van der Waals surface area contributed by atoms with Crippen LogP contribution in [0.25, 0.3) is 17.1 Å². The van der Waals surface area contributed by atoms with Crippen molar-refractivity contribution >= 4 is 17.7 Å². The SMILES string of the molecule is COc1ccc(-n2c(SCC(=O)N[C@@H](C)C(C)C)nnc2-c2ccc(C(C)(C)C)cc2)cc1. The molecule has 0 saturated heterocycles. The number of benzene rings is 2. The summed E-state index contributed by atoms with van der Waals surface area (Å²) in [6.45, 7) is 12.8. The van der Waals surface area contributed by atoms with Crippen LogP contribution in [0, 0.1) is 5.92 Å². The Morgan fingerprint density at radius 1 is 1.03 bits per heavy atom. The maximum Gasteiger partial charge on any atom is 0.230 e. The van der Waals surface area contributed by atoms with Gasteiger partial charge < -0.3 is 10.1 Å². The minimum absolute atomic E-state index is 0.0124. The van der Waals surface area contributed by atoms with E-state index in [0.717, 1.165) is 22.8 Å². The lowest BCUT2D eigenvalue weighted by Gasteiger charge is -2.19. The molecule has 0 saturated carbocycles. The summed E-state index contributed by atoms with van der Waals surface area (Å²) in [5, 5.41) is 12.6. The van der Waals surface area contributed by atoms with Gasteiger partial charge in [-0.25, -0.2) is 0 Å². The molecule has 0 unspecified atom stereocenters. The molecule has 0 radical (unpaired) electrons. The Bertz CT molecular complexity index is 1070. The Morgan fingerprint density at radius 3 is 2.21 bits per heavy atom. The Balaban J connectivity index is 1.93. The number of methoxy groups -OCH3 is 1. The van der Waals surface area contributed by atoms with Crippen LogP contribution in [0.4, 0.5) is 0 Å². The first-order valence-electron chi connectivity index (χ1n) is 11.2. The molecule has 7 heteroatoms. The lowest BCUT2D eigenvalue weighted by molar-refractivity contribution is -0.119. The highest BCUT2D eigenvalue weighted by Crippen LogP contribution is 2.30. The molecule has 1 aromatic heterocycles. The number of nitrogens with one attached hydrogen (secondary N) is 1. The highest BCUT2D eigenvalue weighted by atomic mass is 32.2. The molecule has 0 aliphatic heterocycles. The van der Waals surface area contributed by atoms with Gasteiger partial charge in [-0.1, -0.05) is 70.6 Å². The van der Waals surface area contributed by atoms with Gasteiger partial charge in [-0.3, -0.25) is 9.36 Å². The summed E-state index contributed by atoms with van der Waals surface area (Å²) >= 11 is 1.38. The van der Waals surface area contributed by atoms with E-state index >= 15 is 0 Å². The van der Waals surface area contributed by atoms with Crippen LogP contribution in [0.2, 0.25) is 0 Å². The number of hydrogen-bond donors (Lipinski definition) is 1. The number of amides is 1. The van der Waals surface area contributed by atoms with Gasteiger partial charge in [0.2, 0.25) is 5.91 Å². The van der Waals surface area contributed by atoms with E-state index in [-0.39, 0.29) is 23.1 Å². The molecule has 0 bridgehead atoms. The van der Waals surface area contributed by atoms with Gasteiger partial charge in [0, 0.05) is 17.3 Å². The first-order chi connectivity index (χ1) is 15.6. The Hall–Kier alpha value is -2.80. The Morgan fingerprint density at radius 2 is 1.67 bits per heavy atom. The van der Waals surface area contributed by atoms with Crippen molar-refractivity contribution in [2.45, 2.75) is 58.2 Å². The predicted molar refractivity (Wildman–Crippen MR) is 135 cm³/mol. The zero-order valence-electron chi connectivity index (χ0n) is 20.5. The minimum Gasteiger partial charge on any atom is -0.497 e. The molecule has 1 N–H and O–H groups in total. The van der Waals surface area contributed by atoms with Crippen molar-refractivity contribution < 1.29 is 9.53 Å². The summed E-state index contributed by atoms with van der Waals surface area (Å²) in [6.07, 6.45) is 0. The summed E-state index contributed by atoms with van der Waals surface area (Å²) in [4.78, 5) is 12.5. The van der Waals surface area contributed by atoms with E-state index in [1.165, 1.54) is 17.3 Å². The molecule has 33 heavy (non-hydrogen) atoms. The van der Waals surface area contributed by atoms with E-state index < -0.39 is 0 Å². The monoisotopic (exact) mass is 466 g/mol. The van der Waals surface area contributed by atoms with Gasteiger partial charge in [-0.15, -0.1) is 10.2 Å². The van der Waals surface area contributed by atoms with E-state index in [2.05, 4.69) is 74.4 Å². The largest absolute Gasteiger partial charge is 0.497 e. The lowest BCUT2D eigenvalue weighted by atomic mass is 9.87. The third-order valence-corrected chi connectivity index (χ3v) is 6.62. The number of carbonyl (C=O) groups excluding carboxylic acids is 1. The van der Waals surface area contributed by atoms with Crippen molar-refractivity contribution in [2.24, 2.45) is 5.92 Å². The summed E-state index contributed by atoms with van der Waals surface area (Å²) in [5.74, 6) is 2.15. The molecule has 176 valence electrons. The van der Waals surface area contributed by atoms with Crippen LogP contribution in [0.5, 0.6) is 5.75 Å². The number of nitrogens with zero attached hydrogens (tertiary/aromatic N) is 3. The van der Waals surface area contributed by atoms with E-state index in [1.54, 1.807) is 7.11 Å². The molecular formula is C26H34N4O2S. The molecule has 0 spiro atoms. The zero-order chi connectivity index (χ0) is 24.2. The smallest absolute Gasteiger partial charge is 0.230 e. The van der Waals surface area contributed by atoms with Gasteiger partial charge in [-0.2, -0.15) is 0 Å². The van der Waals surface area contributed by atoms with Gasteiger partial charge in [0.1, 0.15) is 5.75 Å². The Kier molecular flexibility index (Phi) is 7.84. The molecule has 0 aliphatic carbocycles. The second-order valence-electron chi connectivity index (χ2n) is 9.56. The number of ether oxygens (including phenoxy) is 1. The molecule has 1 heterocycles. The second kappa shape index (κ2) is 10.4. The summed E-state index contributed by atoms with van der Waals surface area (Å²) in [7, 11) is 1.65. The first-order valence-corrected chi connectivity index (χ1v) is 12.2. The van der Waals surface area contributed by atoms with Gasteiger partial charge in [0.05, 0.1) is 12.9 Å². The van der Waals surface area contributed by atoms with Crippen LogP contribution in [0.1, 0.15) is 47.1 Å². The van der Waals surface area contributed by atoms with E-state index in [1.807, 2.05) is 35.8 Å². The van der Waals surface area contributed by atoms with Crippen LogP contribution < -0.4 is 10.1 Å². The van der Waals surface area contributed by atoms with E-state index in [9.17, 15) is 4.79 Å². The highest BCUT2D eigenvalue weighted by Gasteiger charge is 2.20. The first kappa shape index (κ1) is 24.8. The average molecular weight is 467 g/mol. The number of thioether (sulfide) groups is 1. The minimum atomic E-state index is -0.0124. The van der Waals surface area contributed by atoms with Crippen LogP contribution in [0.3, 0.4) is 0 Å². The van der Waals surface area contributed by atoms with E-state index in [0.29, 0.717) is 11.1 Å². The van der Waals surface area contributed by atoms with E-state index in [4.69, 9.17) is 4.74 Å². The lowest BCUT2D eigenvalue weighted by Crippen LogP contribution is -2.37. The number of rotatable bonds is 8. The third kappa shape index (κ3) is 6.16. The molecule has 0 fully saturated rings. The summed E-state index contributed by atoms with van der Waals surface area (Å²) in [5.41, 5.74) is 3.21. The third-order valence-electron chi connectivity index (χ3n) is 5.69. The quantitative estimate of drug-likeness (QED) is 0.444. The standard InChI is InChI=1S/C26H34N4O2S/c1-17(2)18(3)27-23(31)16-33-25-29-28-24(19-8-10-20(11-9-19)26(4,5)6)30(25)21-12-14-22(32-7)15-13-21/h8-15,17-18H,16H2,1-7H3,(H,27,31)/t18-/m0/s1.